The van der Waals surface area contributed by atoms with Crippen LogP contribution in [-0.4, -0.2) is 44.1 Å². The highest BCUT2D eigenvalue weighted by Gasteiger charge is 2.36. The summed E-state index contributed by atoms with van der Waals surface area (Å²) in [5.41, 5.74) is 0.344. The number of aryl methyl sites for hydroxylation is 1. The molecular formula is C24H27F3O6S. The Morgan fingerprint density at radius 1 is 1.06 bits per heavy atom. The summed E-state index contributed by atoms with van der Waals surface area (Å²) < 4.78 is 61.5. The highest BCUT2D eigenvalue weighted by molar-refractivity contribution is 7.99. The van der Waals surface area contributed by atoms with Gasteiger partial charge in [0, 0.05) is 4.90 Å². The van der Waals surface area contributed by atoms with Crippen LogP contribution < -0.4 is 9.47 Å². The summed E-state index contributed by atoms with van der Waals surface area (Å²) in [4.78, 5) is 17.3. The summed E-state index contributed by atoms with van der Waals surface area (Å²) in [5, 5.41) is 0. The molecule has 0 atom stereocenters. The van der Waals surface area contributed by atoms with E-state index in [4.69, 9.17) is 28.5 Å². The number of alkyl halides is 3. The lowest BCUT2D eigenvalue weighted by molar-refractivity contribution is -0.263. The third kappa shape index (κ3) is 8.68. The third-order valence-corrected chi connectivity index (χ3v) is 5.90. The van der Waals surface area contributed by atoms with Gasteiger partial charge >= 0.3 is 12.3 Å². The number of halogens is 3. The minimum atomic E-state index is -4.37. The van der Waals surface area contributed by atoms with Gasteiger partial charge < -0.3 is 18.9 Å². The molecule has 2 aromatic rings. The monoisotopic (exact) mass is 500 g/mol. The number of ether oxygens (including phenoxy) is 4. The van der Waals surface area contributed by atoms with E-state index in [1.165, 1.54) is 12.1 Å². The normalized spacial score (nSPS) is 15.0. The quantitative estimate of drug-likeness (QED) is 0.420. The lowest BCUT2D eigenvalue weighted by Crippen LogP contribution is -2.48. The summed E-state index contributed by atoms with van der Waals surface area (Å²) in [6.45, 7) is 5.92. The van der Waals surface area contributed by atoms with E-state index >= 15 is 0 Å². The van der Waals surface area contributed by atoms with Crippen LogP contribution in [0.15, 0.2) is 47.4 Å². The van der Waals surface area contributed by atoms with E-state index in [0.29, 0.717) is 31.3 Å². The number of rotatable bonds is 9. The van der Waals surface area contributed by atoms with Crippen molar-refractivity contribution in [2.24, 2.45) is 0 Å². The average Bonchev–Trinajstić information content (AvgIpc) is 2.82. The molecule has 0 N–H and O–H groups in total. The molecule has 34 heavy (non-hydrogen) atoms. The van der Waals surface area contributed by atoms with Crippen molar-refractivity contribution in [3.63, 3.8) is 0 Å². The van der Waals surface area contributed by atoms with Gasteiger partial charge in [-0.15, -0.1) is 11.8 Å². The van der Waals surface area contributed by atoms with E-state index in [2.05, 4.69) is 13.0 Å². The van der Waals surface area contributed by atoms with Crippen molar-refractivity contribution in [2.75, 3.05) is 32.2 Å². The Morgan fingerprint density at radius 2 is 1.71 bits per heavy atom. The van der Waals surface area contributed by atoms with Crippen molar-refractivity contribution in [3.8, 4) is 11.5 Å². The van der Waals surface area contributed by atoms with Crippen LogP contribution in [0.2, 0.25) is 0 Å². The molecule has 186 valence electrons. The first-order valence-electron chi connectivity index (χ1n) is 10.7. The smallest absolute Gasteiger partial charge is 0.416 e. The summed E-state index contributed by atoms with van der Waals surface area (Å²) in [6, 6.07) is 10.6. The van der Waals surface area contributed by atoms with Crippen LogP contribution in [-0.2, 0) is 25.2 Å². The molecule has 3 rings (SSSR count). The van der Waals surface area contributed by atoms with Gasteiger partial charge in [-0.25, -0.2) is 0 Å². The lowest BCUT2D eigenvalue weighted by atomic mass is 10.2. The molecule has 0 bridgehead atoms. The second kappa shape index (κ2) is 13.4. The van der Waals surface area contributed by atoms with Crippen LogP contribution in [0.25, 0.3) is 0 Å². The molecule has 1 aliphatic heterocycles. The Labute approximate surface area is 200 Å². The molecule has 1 aliphatic rings. The maximum absolute atomic E-state index is 12.7. The molecule has 0 saturated carbocycles. The largest absolute Gasteiger partial charge is 0.493 e. The predicted octanol–water partition coefficient (Wildman–Crippen LogP) is 5.52. The molecule has 2 aromatic carbocycles. The Kier molecular flexibility index (Phi) is 10.9. The minimum Gasteiger partial charge on any atom is -0.493 e. The molecule has 0 aromatic heterocycles. The van der Waals surface area contributed by atoms with Crippen LogP contribution in [0, 0.1) is 6.92 Å². The molecule has 1 fully saturated rings. The fraction of sp³-hybridized carbons (Fsp3) is 0.458. The van der Waals surface area contributed by atoms with Gasteiger partial charge in [0.05, 0.1) is 31.1 Å². The van der Waals surface area contributed by atoms with Gasteiger partial charge in [0.25, 0.3) is 0 Å². The fourth-order valence-corrected chi connectivity index (χ4v) is 4.10. The number of thioether (sulfide) groups is 1. The highest BCUT2D eigenvalue weighted by Crippen LogP contribution is 2.33. The number of hydrogen-bond donors (Lipinski definition) is 0. The van der Waals surface area contributed by atoms with Gasteiger partial charge in [0.2, 0.25) is 5.79 Å². The van der Waals surface area contributed by atoms with Crippen molar-refractivity contribution < 1.29 is 41.7 Å². The van der Waals surface area contributed by atoms with Gasteiger partial charge in [-0.1, -0.05) is 6.92 Å². The lowest BCUT2D eigenvalue weighted by Gasteiger charge is -2.36. The highest BCUT2D eigenvalue weighted by atomic mass is 32.2. The summed E-state index contributed by atoms with van der Waals surface area (Å²) in [5.74, 6) is 0.735. The standard InChI is InChI=1S/C23H27F3O4S.CO2/c1-3-11-27-21-10-9-20(14-17(21)2)31-16-22(29-12-4-13-30-22)15-28-19-7-5-18(6-8-19)23(24,25)26;2-1-3/h5-10,14H,3-4,11-13,15-16H2,1-2H3;. The van der Waals surface area contributed by atoms with Gasteiger partial charge in [-0.2, -0.15) is 22.8 Å². The SMILES string of the molecule is CCCOc1ccc(SCC2(COc3ccc(C(F)(F)F)cc3)OCCCO2)cc1C.O=C=O. The second-order valence-electron chi connectivity index (χ2n) is 7.42. The van der Waals surface area contributed by atoms with Crippen molar-refractivity contribution in [2.45, 2.75) is 43.5 Å². The maximum Gasteiger partial charge on any atom is 0.416 e. The molecular weight excluding hydrogens is 473 g/mol. The molecule has 1 saturated heterocycles. The number of hydrogen-bond acceptors (Lipinski definition) is 7. The first-order chi connectivity index (χ1) is 16.2. The van der Waals surface area contributed by atoms with Gasteiger partial charge in [-0.3, -0.25) is 0 Å². The summed E-state index contributed by atoms with van der Waals surface area (Å²) in [6.07, 6.45) is -2.39. The molecule has 10 heteroatoms. The fourth-order valence-electron chi connectivity index (χ4n) is 3.04. The van der Waals surface area contributed by atoms with E-state index in [0.717, 1.165) is 41.2 Å². The van der Waals surface area contributed by atoms with Crippen molar-refractivity contribution in [1.29, 1.82) is 0 Å². The van der Waals surface area contributed by atoms with E-state index in [9.17, 15) is 13.2 Å². The second-order valence-corrected chi connectivity index (χ2v) is 8.47. The van der Waals surface area contributed by atoms with Crippen LogP contribution in [0.4, 0.5) is 13.2 Å². The number of benzene rings is 2. The van der Waals surface area contributed by atoms with Crippen molar-refractivity contribution in [3.05, 3.63) is 53.6 Å². The maximum atomic E-state index is 12.7. The Morgan fingerprint density at radius 3 is 2.26 bits per heavy atom. The van der Waals surface area contributed by atoms with E-state index in [1.54, 1.807) is 11.8 Å². The van der Waals surface area contributed by atoms with E-state index in [1.807, 2.05) is 19.1 Å². The van der Waals surface area contributed by atoms with E-state index in [-0.39, 0.29) is 12.8 Å². The number of carbonyl (C=O) groups excluding carboxylic acids is 2. The Bertz CT molecular complexity index is 921. The van der Waals surface area contributed by atoms with Crippen LogP contribution in [0.3, 0.4) is 0 Å². The van der Waals surface area contributed by atoms with Gasteiger partial charge in [0.1, 0.15) is 18.1 Å². The molecule has 1 heterocycles. The first-order valence-corrected chi connectivity index (χ1v) is 11.6. The van der Waals surface area contributed by atoms with Crippen LogP contribution in [0.5, 0.6) is 11.5 Å². The Balaban J connectivity index is 0.00000129. The third-order valence-electron chi connectivity index (χ3n) is 4.73. The zero-order chi connectivity index (χ0) is 25.0. The zero-order valence-corrected chi connectivity index (χ0v) is 19.8. The van der Waals surface area contributed by atoms with Crippen LogP contribution >= 0.6 is 11.8 Å². The average molecular weight is 501 g/mol. The Hall–Kier alpha value is -2.52. The molecule has 0 spiro atoms. The first kappa shape index (κ1) is 27.7. The van der Waals surface area contributed by atoms with Crippen molar-refractivity contribution >= 4 is 17.9 Å². The zero-order valence-electron chi connectivity index (χ0n) is 19.0. The van der Waals surface area contributed by atoms with Gasteiger partial charge in [-0.05, 0) is 67.8 Å². The summed E-state index contributed by atoms with van der Waals surface area (Å²) >= 11 is 1.58. The van der Waals surface area contributed by atoms with Crippen molar-refractivity contribution in [1.82, 2.24) is 0 Å². The molecule has 0 aliphatic carbocycles. The predicted molar refractivity (Wildman–Crippen MR) is 119 cm³/mol. The van der Waals surface area contributed by atoms with Gasteiger partial charge in [0.15, 0.2) is 0 Å². The molecule has 0 amide bonds. The van der Waals surface area contributed by atoms with E-state index < -0.39 is 17.5 Å². The van der Waals surface area contributed by atoms with Crippen LogP contribution in [0.1, 0.15) is 30.9 Å². The minimum absolute atomic E-state index is 0.0854. The topological polar surface area (TPSA) is 71.1 Å². The molecule has 0 radical (unpaired) electrons. The molecule has 6 nitrogen and oxygen atoms in total. The summed E-state index contributed by atoms with van der Waals surface area (Å²) in [7, 11) is 0. The molecule has 0 unspecified atom stereocenters.